The number of carbonyl (C=O) groups excluding carboxylic acids is 2. The molecule has 15 nitrogen and oxygen atoms in total. The number of esters is 2. The van der Waals surface area contributed by atoms with Gasteiger partial charge in [-0.25, -0.2) is 0 Å². The van der Waals surface area contributed by atoms with Crippen LogP contribution < -0.4 is 0 Å². The summed E-state index contributed by atoms with van der Waals surface area (Å²) in [7, 11) is 0. The molecule has 0 spiro atoms. The first-order valence-corrected chi connectivity index (χ1v) is 27.3. The molecule has 0 bridgehead atoms. The average Bonchev–Trinajstić information content (AvgIpc) is 3.33. The van der Waals surface area contributed by atoms with Crippen molar-refractivity contribution in [1.29, 1.82) is 0 Å². The molecule has 0 aliphatic carbocycles. The Morgan fingerprint density at radius 2 is 0.853 bits per heavy atom. The van der Waals surface area contributed by atoms with E-state index in [-0.39, 0.29) is 26.1 Å². The summed E-state index contributed by atoms with van der Waals surface area (Å²) < 4.78 is 33.6. The molecule has 0 aromatic rings. The van der Waals surface area contributed by atoms with Gasteiger partial charge in [0.1, 0.15) is 55.4 Å². The highest BCUT2D eigenvalue weighted by molar-refractivity contribution is 5.70. The smallest absolute Gasteiger partial charge is 0.306 e. The number of carbonyl (C=O) groups is 2. The van der Waals surface area contributed by atoms with E-state index in [1.54, 1.807) is 0 Å². The van der Waals surface area contributed by atoms with E-state index in [9.17, 15) is 45.3 Å². The van der Waals surface area contributed by atoms with Crippen LogP contribution in [0.2, 0.25) is 0 Å². The first-order chi connectivity index (χ1) is 33.0. The van der Waals surface area contributed by atoms with Crippen LogP contribution in [0.25, 0.3) is 0 Å². The Balaban J connectivity index is 1.73. The van der Waals surface area contributed by atoms with Crippen LogP contribution in [0.3, 0.4) is 0 Å². The molecular weight excluding hydrogens is 877 g/mol. The number of aliphatic hydroxyl groups excluding tert-OH is 7. The van der Waals surface area contributed by atoms with Crippen molar-refractivity contribution in [2.45, 2.75) is 287 Å². The zero-order valence-electron chi connectivity index (χ0n) is 42.4. The molecule has 2 aliphatic heterocycles. The number of aliphatic hydroxyl groups is 7. The maximum Gasteiger partial charge on any atom is 0.306 e. The number of ether oxygens (including phenoxy) is 6. The standard InChI is InChI=1S/C53H98O15/c1-3-5-7-9-11-13-15-16-17-18-19-20-21-22-23-24-26-27-29-31-33-35-44(55)63-38-41(66-45(56)36-34-32-30-28-25-14-12-10-8-6-4-2)39-64-52-51(62)49(60)47(58)43(68-52)40-65-53-50(61)48(59)46(57)42(37-54)67-53/h10,12,41-43,46-54,57-62H,3-9,11,13-40H2,1-2H3/b12-10+/t41-,42+,43+,46-,47-,48?,49?,50?,51?,52+,53+/m0/s1. The number of hydrogen-bond acceptors (Lipinski definition) is 15. The molecule has 2 saturated heterocycles. The van der Waals surface area contributed by atoms with E-state index in [1.807, 2.05) is 0 Å². The number of hydrogen-bond donors (Lipinski definition) is 7. The number of rotatable bonds is 43. The van der Waals surface area contributed by atoms with Crippen LogP contribution in [0.4, 0.5) is 0 Å². The summed E-state index contributed by atoms with van der Waals surface area (Å²) in [5.41, 5.74) is 0. The summed E-state index contributed by atoms with van der Waals surface area (Å²) in [4.78, 5) is 25.7. The lowest BCUT2D eigenvalue weighted by Crippen LogP contribution is -2.61. The molecule has 0 aromatic carbocycles. The molecule has 68 heavy (non-hydrogen) atoms. The van der Waals surface area contributed by atoms with Crippen molar-refractivity contribution < 1.29 is 73.8 Å². The van der Waals surface area contributed by atoms with Crippen molar-refractivity contribution in [2.24, 2.45) is 0 Å². The summed E-state index contributed by atoms with van der Waals surface area (Å²) in [6.07, 6.45) is 24.0. The third-order valence-corrected chi connectivity index (χ3v) is 13.2. The van der Waals surface area contributed by atoms with Crippen LogP contribution in [-0.4, -0.2) is 142 Å². The van der Waals surface area contributed by atoms with Crippen LogP contribution in [0, 0.1) is 0 Å². The van der Waals surface area contributed by atoms with Gasteiger partial charge in [0, 0.05) is 12.8 Å². The quantitative estimate of drug-likeness (QED) is 0.0174. The van der Waals surface area contributed by atoms with Crippen molar-refractivity contribution in [3.8, 4) is 0 Å². The molecule has 0 amide bonds. The van der Waals surface area contributed by atoms with E-state index in [0.717, 1.165) is 57.8 Å². The van der Waals surface area contributed by atoms with E-state index in [1.165, 1.54) is 122 Å². The molecule has 400 valence electrons. The van der Waals surface area contributed by atoms with Crippen molar-refractivity contribution >= 4 is 11.9 Å². The normalized spacial score (nSPS) is 25.8. The molecular formula is C53H98O15. The second kappa shape index (κ2) is 40.8. The fraction of sp³-hybridized carbons (Fsp3) is 0.925. The molecule has 0 radical (unpaired) electrons. The number of unbranched alkanes of at least 4 members (excludes halogenated alkanes) is 27. The first kappa shape index (κ1) is 62.4. The van der Waals surface area contributed by atoms with Gasteiger partial charge in [-0.05, 0) is 32.1 Å². The van der Waals surface area contributed by atoms with Gasteiger partial charge in [0.05, 0.1) is 19.8 Å². The van der Waals surface area contributed by atoms with Crippen molar-refractivity contribution in [1.82, 2.24) is 0 Å². The van der Waals surface area contributed by atoms with E-state index in [4.69, 9.17) is 28.4 Å². The van der Waals surface area contributed by atoms with E-state index >= 15 is 0 Å². The summed E-state index contributed by atoms with van der Waals surface area (Å²) in [6, 6.07) is 0. The molecule has 2 rings (SSSR count). The van der Waals surface area contributed by atoms with Crippen LogP contribution in [0.15, 0.2) is 12.2 Å². The predicted molar refractivity (Wildman–Crippen MR) is 261 cm³/mol. The van der Waals surface area contributed by atoms with Gasteiger partial charge < -0.3 is 64.2 Å². The Morgan fingerprint density at radius 3 is 1.34 bits per heavy atom. The minimum Gasteiger partial charge on any atom is -0.462 e. The zero-order valence-corrected chi connectivity index (χ0v) is 42.4. The minimum atomic E-state index is -1.76. The lowest BCUT2D eigenvalue weighted by molar-refractivity contribution is -0.332. The Kier molecular flexibility index (Phi) is 37.4. The van der Waals surface area contributed by atoms with Crippen molar-refractivity contribution in [3.63, 3.8) is 0 Å². The second-order valence-corrected chi connectivity index (χ2v) is 19.4. The van der Waals surface area contributed by atoms with Crippen LogP contribution in [0.1, 0.15) is 219 Å². The van der Waals surface area contributed by atoms with E-state index < -0.39 is 92.7 Å². The third kappa shape index (κ3) is 28.3. The van der Waals surface area contributed by atoms with Crippen molar-refractivity contribution in [3.05, 3.63) is 12.2 Å². The maximum absolute atomic E-state index is 13.0. The molecule has 2 heterocycles. The molecule has 15 heteroatoms. The van der Waals surface area contributed by atoms with Gasteiger partial charge in [0.15, 0.2) is 18.7 Å². The van der Waals surface area contributed by atoms with Gasteiger partial charge >= 0.3 is 11.9 Å². The fourth-order valence-corrected chi connectivity index (χ4v) is 8.73. The monoisotopic (exact) mass is 975 g/mol. The summed E-state index contributed by atoms with van der Waals surface area (Å²) in [5, 5.41) is 72.1. The lowest BCUT2D eigenvalue weighted by Gasteiger charge is -2.42. The first-order valence-electron chi connectivity index (χ1n) is 27.3. The van der Waals surface area contributed by atoms with Crippen LogP contribution in [0.5, 0.6) is 0 Å². The number of allylic oxidation sites excluding steroid dienone is 2. The Labute approximate surface area is 410 Å². The third-order valence-electron chi connectivity index (χ3n) is 13.2. The maximum atomic E-state index is 13.0. The van der Waals surface area contributed by atoms with Gasteiger partial charge in [0.2, 0.25) is 0 Å². The highest BCUT2D eigenvalue weighted by atomic mass is 16.7. The molecule has 11 atom stereocenters. The van der Waals surface area contributed by atoms with Crippen LogP contribution >= 0.6 is 0 Å². The Bertz CT molecular complexity index is 1240. The molecule has 2 fully saturated rings. The van der Waals surface area contributed by atoms with Gasteiger partial charge in [-0.2, -0.15) is 0 Å². The highest BCUT2D eigenvalue weighted by Crippen LogP contribution is 2.27. The Hall–Kier alpha value is -1.76. The van der Waals surface area contributed by atoms with E-state index in [0.29, 0.717) is 12.8 Å². The average molecular weight is 975 g/mol. The van der Waals surface area contributed by atoms with Gasteiger partial charge in [-0.15, -0.1) is 0 Å². The van der Waals surface area contributed by atoms with Crippen LogP contribution in [-0.2, 0) is 38.0 Å². The molecule has 7 N–H and O–H groups in total. The predicted octanol–water partition coefficient (Wildman–Crippen LogP) is 8.16. The summed E-state index contributed by atoms with van der Waals surface area (Å²) in [5.74, 6) is -0.925. The van der Waals surface area contributed by atoms with Gasteiger partial charge in [0.25, 0.3) is 0 Å². The van der Waals surface area contributed by atoms with Gasteiger partial charge in [-0.1, -0.05) is 187 Å². The summed E-state index contributed by atoms with van der Waals surface area (Å²) in [6.45, 7) is 2.57. The molecule has 0 saturated carbocycles. The largest absolute Gasteiger partial charge is 0.462 e. The molecule has 0 aromatic heterocycles. The zero-order chi connectivity index (χ0) is 49.6. The topological polar surface area (TPSA) is 231 Å². The minimum absolute atomic E-state index is 0.158. The van der Waals surface area contributed by atoms with Gasteiger partial charge in [-0.3, -0.25) is 9.59 Å². The van der Waals surface area contributed by atoms with E-state index in [2.05, 4.69) is 26.0 Å². The summed E-state index contributed by atoms with van der Waals surface area (Å²) >= 11 is 0. The van der Waals surface area contributed by atoms with Crippen molar-refractivity contribution in [2.75, 3.05) is 26.4 Å². The highest BCUT2D eigenvalue weighted by Gasteiger charge is 2.47. The molecule has 4 unspecified atom stereocenters. The molecule has 2 aliphatic rings. The fourth-order valence-electron chi connectivity index (χ4n) is 8.73. The Morgan fingerprint density at radius 1 is 0.456 bits per heavy atom. The second-order valence-electron chi connectivity index (χ2n) is 19.4. The lowest BCUT2D eigenvalue weighted by atomic mass is 9.98. The SMILES string of the molecule is CCCC/C=C/CCCCCCCC(=O)O[C@@H](COC(=O)CCCCCCCCCCCCCCCCCCCCCCC)CO[C@@H]1O[C@H](CO[C@@H]2O[C@H](CO)[C@H](O)C(O)C2O)[C@H](O)C(O)C1O.